The van der Waals surface area contributed by atoms with Crippen LogP contribution in [0.3, 0.4) is 0 Å². The van der Waals surface area contributed by atoms with Gasteiger partial charge in [-0.05, 0) is 37.6 Å². The third-order valence-electron chi connectivity index (χ3n) is 4.48. The summed E-state index contributed by atoms with van der Waals surface area (Å²) >= 11 is 0. The number of rotatable bonds is 4. The minimum atomic E-state index is -3.62. The molecule has 1 atom stereocenters. The van der Waals surface area contributed by atoms with E-state index in [1.54, 1.807) is 24.4 Å². The molecule has 8 heteroatoms. The molecule has 1 N–H and O–H groups in total. The Balaban J connectivity index is 1.52. The monoisotopic (exact) mass is 345 g/mol. The highest BCUT2D eigenvalue weighted by atomic mass is 32.2. The lowest BCUT2D eigenvalue weighted by Crippen LogP contribution is -2.40. The van der Waals surface area contributed by atoms with Gasteiger partial charge in [-0.3, -0.25) is 9.58 Å². The molecule has 3 heterocycles. The molecule has 0 radical (unpaired) electrons. The van der Waals surface area contributed by atoms with Crippen LogP contribution in [0.4, 0.5) is 5.69 Å². The van der Waals surface area contributed by atoms with Crippen LogP contribution < -0.4 is 5.32 Å². The Hall–Kier alpha value is -2.19. The molecule has 0 aliphatic carbocycles. The van der Waals surface area contributed by atoms with Gasteiger partial charge < -0.3 is 5.32 Å². The largest absolute Gasteiger partial charge is 0.341 e. The average Bonchev–Trinajstić information content (AvgIpc) is 3.20. The van der Waals surface area contributed by atoms with Crippen molar-refractivity contribution in [3.8, 4) is 0 Å². The van der Waals surface area contributed by atoms with E-state index >= 15 is 0 Å². The summed E-state index contributed by atoms with van der Waals surface area (Å²) in [4.78, 5) is 2.51. The molecule has 1 saturated heterocycles. The Kier molecular flexibility index (Phi) is 3.85. The molecule has 1 fully saturated rings. The minimum Gasteiger partial charge on any atom is -0.341 e. The molecule has 0 spiro atoms. The van der Waals surface area contributed by atoms with Crippen molar-refractivity contribution in [3.63, 3.8) is 0 Å². The topological polar surface area (TPSA) is 79.6 Å². The summed E-state index contributed by atoms with van der Waals surface area (Å²) in [5.74, 6) is 0.487. The van der Waals surface area contributed by atoms with Crippen LogP contribution in [0.15, 0.2) is 52.0 Å². The summed E-state index contributed by atoms with van der Waals surface area (Å²) in [5.41, 5.74) is 0.602. The fraction of sp³-hybridized carbons (Fsp3) is 0.375. The summed E-state index contributed by atoms with van der Waals surface area (Å²) in [6.45, 7) is 2.25. The van der Waals surface area contributed by atoms with E-state index in [4.69, 9.17) is 0 Å². The number of nitrogens with one attached hydrogen (secondary N) is 1. The first kappa shape index (κ1) is 15.3. The van der Waals surface area contributed by atoms with Gasteiger partial charge in [0.25, 0.3) is 10.0 Å². The van der Waals surface area contributed by atoms with Gasteiger partial charge in [0.15, 0.2) is 0 Å². The minimum absolute atomic E-state index is 0.239. The number of benzene rings is 1. The Morgan fingerprint density at radius 1 is 1.25 bits per heavy atom. The Bertz CT molecular complexity index is 860. The number of anilines is 1. The lowest BCUT2D eigenvalue weighted by molar-refractivity contribution is 0.256. The standard InChI is InChI=1S/C16H19N5O2S/c22-24(23)15-7-2-1-6-14(15)18-16(19-24)12-20-9-3-5-13(20)11-21-10-4-8-17-21/h1-2,4,6-8,10,13H,3,5,9,11-12H2,(H,18,19)/t13-/m1/s1. The first-order chi connectivity index (χ1) is 11.6. The third-order valence-corrected chi connectivity index (χ3v) is 5.86. The van der Waals surface area contributed by atoms with Crippen LogP contribution in [0, 0.1) is 0 Å². The van der Waals surface area contributed by atoms with Crippen LogP contribution in [0.2, 0.25) is 0 Å². The fourth-order valence-electron chi connectivity index (χ4n) is 3.36. The molecule has 1 aromatic heterocycles. The van der Waals surface area contributed by atoms with Crippen LogP contribution in [0.25, 0.3) is 0 Å². The molecule has 2 aliphatic heterocycles. The van der Waals surface area contributed by atoms with E-state index in [-0.39, 0.29) is 4.90 Å². The molecule has 0 unspecified atom stereocenters. The molecule has 0 saturated carbocycles. The second-order valence-corrected chi connectivity index (χ2v) is 7.70. The molecule has 126 valence electrons. The summed E-state index contributed by atoms with van der Waals surface area (Å²) < 4.78 is 30.6. The van der Waals surface area contributed by atoms with E-state index < -0.39 is 10.0 Å². The molecule has 4 rings (SSSR count). The number of nitrogens with zero attached hydrogens (tertiary/aromatic N) is 4. The highest BCUT2D eigenvalue weighted by molar-refractivity contribution is 7.90. The number of hydrogen-bond donors (Lipinski definition) is 1. The normalized spacial score (nSPS) is 22.7. The maximum absolute atomic E-state index is 12.3. The van der Waals surface area contributed by atoms with Crippen LogP contribution in [0.1, 0.15) is 12.8 Å². The zero-order valence-corrected chi connectivity index (χ0v) is 14.0. The average molecular weight is 345 g/mol. The van der Waals surface area contributed by atoms with E-state index in [9.17, 15) is 8.42 Å². The van der Waals surface area contributed by atoms with Crippen LogP contribution in [-0.4, -0.2) is 48.1 Å². The van der Waals surface area contributed by atoms with Crippen molar-refractivity contribution in [3.05, 3.63) is 42.7 Å². The number of para-hydroxylation sites is 1. The smallest absolute Gasteiger partial charge is 0.286 e. The summed E-state index contributed by atoms with van der Waals surface area (Å²) in [7, 11) is -3.62. The maximum atomic E-state index is 12.3. The predicted octanol–water partition coefficient (Wildman–Crippen LogP) is 1.56. The second-order valence-electron chi connectivity index (χ2n) is 6.13. The van der Waals surface area contributed by atoms with Crippen molar-refractivity contribution < 1.29 is 8.42 Å². The fourth-order valence-corrected chi connectivity index (χ4v) is 4.50. The van der Waals surface area contributed by atoms with Crippen molar-refractivity contribution >= 4 is 21.5 Å². The molecule has 0 bridgehead atoms. The molecule has 0 amide bonds. The van der Waals surface area contributed by atoms with Gasteiger partial charge in [-0.2, -0.15) is 13.5 Å². The summed E-state index contributed by atoms with van der Waals surface area (Å²) in [6, 6.07) is 9.13. The Morgan fingerprint density at radius 2 is 2.12 bits per heavy atom. The number of sulfonamides is 1. The first-order valence-electron chi connectivity index (χ1n) is 8.03. The van der Waals surface area contributed by atoms with Gasteiger partial charge in [-0.25, -0.2) is 0 Å². The van der Waals surface area contributed by atoms with Gasteiger partial charge in [0, 0.05) is 18.4 Å². The summed E-state index contributed by atoms with van der Waals surface area (Å²) in [5, 5.41) is 7.43. The number of aromatic nitrogens is 2. The molecular formula is C16H19N5O2S. The number of amidine groups is 1. The maximum Gasteiger partial charge on any atom is 0.286 e. The van der Waals surface area contributed by atoms with Crippen molar-refractivity contribution in [1.29, 1.82) is 0 Å². The van der Waals surface area contributed by atoms with E-state index in [0.717, 1.165) is 25.9 Å². The van der Waals surface area contributed by atoms with Gasteiger partial charge in [0.2, 0.25) is 0 Å². The highest BCUT2D eigenvalue weighted by Gasteiger charge is 2.29. The molecule has 24 heavy (non-hydrogen) atoms. The van der Waals surface area contributed by atoms with E-state index in [0.29, 0.717) is 24.1 Å². The lowest BCUT2D eigenvalue weighted by Gasteiger charge is -2.27. The molecular weight excluding hydrogens is 326 g/mol. The van der Waals surface area contributed by atoms with Gasteiger partial charge >= 0.3 is 0 Å². The van der Waals surface area contributed by atoms with E-state index in [1.807, 2.05) is 23.0 Å². The van der Waals surface area contributed by atoms with Crippen LogP contribution in [-0.2, 0) is 16.6 Å². The lowest BCUT2D eigenvalue weighted by atomic mass is 10.2. The van der Waals surface area contributed by atoms with Gasteiger partial charge in [0.05, 0.1) is 18.8 Å². The van der Waals surface area contributed by atoms with Crippen LogP contribution in [0.5, 0.6) is 0 Å². The zero-order chi connectivity index (χ0) is 16.6. The molecule has 2 aromatic rings. The van der Waals surface area contributed by atoms with Crippen molar-refractivity contribution in [2.24, 2.45) is 4.40 Å². The molecule has 7 nitrogen and oxygen atoms in total. The Labute approximate surface area is 141 Å². The van der Waals surface area contributed by atoms with Crippen LogP contribution >= 0.6 is 0 Å². The van der Waals surface area contributed by atoms with Crippen molar-refractivity contribution in [1.82, 2.24) is 14.7 Å². The Morgan fingerprint density at radius 3 is 2.96 bits per heavy atom. The molecule has 1 aromatic carbocycles. The van der Waals surface area contributed by atoms with Gasteiger partial charge in [-0.1, -0.05) is 12.1 Å². The van der Waals surface area contributed by atoms with Gasteiger partial charge in [0.1, 0.15) is 10.7 Å². The first-order valence-corrected chi connectivity index (χ1v) is 9.47. The quantitative estimate of drug-likeness (QED) is 0.910. The van der Waals surface area contributed by atoms with E-state index in [1.165, 1.54) is 0 Å². The predicted molar refractivity (Wildman–Crippen MR) is 91.5 cm³/mol. The third kappa shape index (κ3) is 2.94. The zero-order valence-electron chi connectivity index (χ0n) is 13.2. The second kappa shape index (κ2) is 6.03. The van der Waals surface area contributed by atoms with Gasteiger partial charge in [-0.15, -0.1) is 4.40 Å². The number of fused-ring (bicyclic) bond motifs is 1. The SMILES string of the molecule is O=S1(=O)N=C(CN2CCC[C@@H]2Cn2cccn2)Nc2ccccc21. The number of likely N-dealkylation sites (tertiary alicyclic amines) is 1. The number of hydrogen-bond acceptors (Lipinski definition) is 5. The van der Waals surface area contributed by atoms with E-state index in [2.05, 4.69) is 19.7 Å². The van der Waals surface area contributed by atoms with Crippen molar-refractivity contribution in [2.75, 3.05) is 18.4 Å². The van der Waals surface area contributed by atoms with Crippen molar-refractivity contribution in [2.45, 2.75) is 30.3 Å². The summed E-state index contributed by atoms with van der Waals surface area (Å²) in [6.07, 6.45) is 5.90. The highest BCUT2D eigenvalue weighted by Crippen LogP contribution is 2.27. The molecule has 2 aliphatic rings.